The molecule has 5 rings (SSSR count). The van der Waals surface area contributed by atoms with Crippen LogP contribution < -0.4 is 0 Å². The van der Waals surface area contributed by atoms with Crippen LogP contribution in [-0.4, -0.2) is 24.8 Å². The average molecular weight is 246 g/mol. The smallest absolute Gasteiger partial charge is 0.176 e. The van der Waals surface area contributed by atoms with Gasteiger partial charge >= 0.3 is 0 Å². The first kappa shape index (κ1) is 10.9. The molecule has 2 bridgehead atoms. The molecule has 1 aliphatic heterocycles. The van der Waals surface area contributed by atoms with Crippen molar-refractivity contribution in [3.05, 3.63) is 23.8 Å². The Hall–Kier alpha value is -0.930. The molecule has 0 radical (unpaired) electrons. The number of hydrogen-bond donors (Lipinski definition) is 0. The molecule has 4 aliphatic carbocycles. The lowest BCUT2D eigenvalue weighted by Gasteiger charge is -2.57. The molecule has 1 spiro atoms. The van der Waals surface area contributed by atoms with Gasteiger partial charge in [0, 0.05) is 18.3 Å². The van der Waals surface area contributed by atoms with Crippen LogP contribution in [0.25, 0.3) is 0 Å². The number of carbonyl (C=O) groups excluding carboxylic acids is 1. The third-order valence-corrected chi connectivity index (χ3v) is 5.23. The summed E-state index contributed by atoms with van der Waals surface area (Å²) < 4.78 is 11.9. The van der Waals surface area contributed by atoms with Crippen LogP contribution >= 0.6 is 0 Å². The van der Waals surface area contributed by atoms with Gasteiger partial charge in [-0.25, -0.2) is 0 Å². The Labute approximate surface area is 107 Å². The fourth-order valence-electron chi connectivity index (χ4n) is 4.78. The highest BCUT2D eigenvalue weighted by Gasteiger charge is 2.65. The van der Waals surface area contributed by atoms with Gasteiger partial charge < -0.3 is 9.47 Å². The first-order valence-electron chi connectivity index (χ1n) is 6.75. The van der Waals surface area contributed by atoms with Gasteiger partial charge in [-0.05, 0) is 24.3 Å². The van der Waals surface area contributed by atoms with Gasteiger partial charge in [0.25, 0.3) is 0 Å². The topological polar surface area (TPSA) is 35.5 Å². The molecular formula is C15H18O3. The molecule has 0 amide bonds. The van der Waals surface area contributed by atoms with E-state index < -0.39 is 5.79 Å². The summed E-state index contributed by atoms with van der Waals surface area (Å²) in [6, 6.07) is 0. The van der Waals surface area contributed by atoms with Gasteiger partial charge in [0.2, 0.25) is 0 Å². The van der Waals surface area contributed by atoms with E-state index in [2.05, 4.69) is 26.0 Å². The van der Waals surface area contributed by atoms with Crippen LogP contribution in [0.2, 0.25) is 0 Å². The van der Waals surface area contributed by atoms with Crippen LogP contribution in [0.1, 0.15) is 20.3 Å². The molecule has 1 saturated carbocycles. The maximum atomic E-state index is 12.2. The first-order chi connectivity index (χ1) is 8.56. The fraction of sp³-hybridized carbons (Fsp3) is 0.667. The number of rotatable bonds is 0. The molecule has 1 saturated heterocycles. The Balaban J connectivity index is 1.89. The summed E-state index contributed by atoms with van der Waals surface area (Å²) in [5.41, 5.74) is 1.26. The lowest BCUT2D eigenvalue weighted by atomic mass is 9.51. The third-order valence-electron chi connectivity index (χ3n) is 5.23. The van der Waals surface area contributed by atoms with Crippen molar-refractivity contribution in [3.63, 3.8) is 0 Å². The standard InChI is InChI=1S/C15H18O3/c1-9-7-14(2)8-15(17-5-6-18-15)13(9)12-10(14)3-4-11(12)16/h3-4,7,10,12-13H,5-6,8H2,1-2H3/t10-,12-,13+,14+/m1/s1. The van der Waals surface area contributed by atoms with Crippen LogP contribution in [0, 0.1) is 23.2 Å². The molecule has 5 aliphatic rings. The number of hydrogen-bond acceptors (Lipinski definition) is 3. The van der Waals surface area contributed by atoms with Crippen molar-refractivity contribution in [2.45, 2.75) is 26.1 Å². The van der Waals surface area contributed by atoms with Crippen molar-refractivity contribution in [1.82, 2.24) is 0 Å². The molecular weight excluding hydrogens is 228 g/mol. The van der Waals surface area contributed by atoms with Crippen molar-refractivity contribution in [1.29, 1.82) is 0 Å². The van der Waals surface area contributed by atoms with Gasteiger partial charge in [0.05, 0.1) is 13.2 Å². The molecule has 0 aromatic carbocycles. The molecule has 0 unspecified atom stereocenters. The zero-order valence-electron chi connectivity index (χ0n) is 10.8. The quantitative estimate of drug-likeness (QED) is 0.614. The van der Waals surface area contributed by atoms with E-state index in [9.17, 15) is 4.79 Å². The normalized spacial score (nSPS) is 47.8. The minimum Gasteiger partial charge on any atom is -0.347 e. The zero-order chi connectivity index (χ0) is 12.5. The molecule has 2 fully saturated rings. The number of ether oxygens (including phenoxy) is 2. The number of allylic oxidation sites excluding steroid dienone is 3. The lowest BCUT2D eigenvalue weighted by molar-refractivity contribution is -0.246. The Morgan fingerprint density at radius 2 is 2.06 bits per heavy atom. The van der Waals surface area contributed by atoms with Crippen LogP contribution in [0.15, 0.2) is 23.8 Å². The highest BCUT2D eigenvalue weighted by molar-refractivity contribution is 5.95. The summed E-state index contributed by atoms with van der Waals surface area (Å²) in [7, 11) is 0. The Kier molecular flexibility index (Phi) is 1.91. The van der Waals surface area contributed by atoms with E-state index in [0.717, 1.165) is 6.42 Å². The molecule has 96 valence electrons. The van der Waals surface area contributed by atoms with Crippen molar-refractivity contribution in [2.75, 3.05) is 13.2 Å². The van der Waals surface area contributed by atoms with E-state index in [4.69, 9.17) is 9.47 Å². The fourth-order valence-corrected chi connectivity index (χ4v) is 4.78. The Morgan fingerprint density at radius 3 is 2.78 bits per heavy atom. The van der Waals surface area contributed by atoms with Crippen molar-refractivity contribution in [3.8, 4) is 0 Å². The maximum absolute atomic E-state index is 12.2. The summed E-state index contributed by atoms with van der Waals surface area (Å²) in [6.45, 7) is 5.66. The summed E-state index contributed by atoms with van der Waals surface area (Å²) >= 11 is 0. The molecule has 4 atom stereocenters. The highest BCUT2D eigenvalue weighted by atomic mass is 16.7. The number of carbonyl (C=O) groups is 1. The molecule has 18 heavy (non-hydrogen) atoms. The predicted molar refractivity (Wildman–Crippen MR) is 65.7 cm³/mol. The van der Waals surface area contributed by atoms with Gasteiger partial charge in [0.1, 0.15) is 0 Å². The van der Waals surface area contributed by atoms with E-state index >= 15 is 0 Å². The van der Waals surface area contributed by atoms with Gasteiger partial charge in [0.15, 0.2) is 11.6 Å². The third kappa shape index (κ3) is 1.10. The average Bonchev–Trinajstić information content (AvgIpc) is 2.87. The lowest BCUT2D eigenvalue weighted by Crippen LogP contribution is -2.59. The van der Waals surface area contributed by atoms with E-state index in [1.807, 2.05) is 0 Å². The van der Waals surface area contributed by atoms with Gasteiger partial charge in [-0.3, -0.25) is 4.79 Å². The Morgan fingerprint density at radius 1 is 1.33 bits per heavy atom. The van der Waals surface area contributed by atoms with E-state index in [-0.39, 0.29) is 23.0 Å². The second kappa shape index (κ2) is 3.14. The monoisotopic (exact) mass is 246 g/mol. The first-order valence-corrected chi connectivity index (χ1v) is 6.75. The van der Waals surface area contributed by atoms with Crippen LogP contribution in [0.3, 0.4) is 0 Å². The summed E-state index contributed by atoms with van der Waals surface area (Å²) in [5, 5.41) is 0. The second-order valence-electron chi connectivity index (χ2n) is 6.37. The van der Waals surface area contributed by atoms with Crippen molar-refractivity contribution < 1.29 is 14.3 Å². The van der Waals surface area contributed by atoms with Crippen molar-refractivity contribution >= 4 is 5.78 Å². The van der Waals surface area contributed by atoms with E-state index in [1.54, 1.807) is 6.08 Å². The molecule has 0 N–H and O–H groups in total. The summed E-state index contributed by atoms with van der Waals surface area (Å²) in [6.07, 6.45) is 7.09. The van der Waals surface area contributed by atoms with Gasteiger partial charge in [-0.15, -0.1) is 0 Å². The SMILES string of the molecule is CC1=C[C@@]2(C)CC3(OCCO3)[C@@H]1[C@H]1C(=O)C=C[C@H]12. The zero-order valence-corrected chi connectivity index (χ0v) is 10.8. The molecule has 3 heteroatoms. The van der Waals surface area contributed by atoms with Crippen LogP contribution in [0.5, 0.6) is 0 Å². The van der Waals surface area contributed by atoms with Crippen LogP contribution in [0.4, 0.5) is 0 Å². The minimum atomic E-state index is -0.531. The maximum Gasteiger partial charge on any atom is 0.176 e. The largest absolute Gasteiger partial charge is 0.347 e. The summed E-state index contributed by atoms with van der Waals surface area (Å²) in [4.78, 5) is 12.2. The Bertz CT molecular complexity index is 484. The molecule has 3 nitrogen and oxygen atoms in total. The molecule has 0 aromatic rings. The van der Waals surface area contributed by atoms with E-state index in [1.165, 1.54) is 5.57 Å². The second-order valence-corrected chi connectivity index (χ2v) is 6.37. The molecule has 1 heterocycles. The number of ketones is 1. The van der Waals surface area contributed by atoms with Crippen molar-refractivity contribution in [2.24, 2.45) is 23.2 Å². The van der Waals surface area contributed by atoms with Gasteiger partial charge in [-0.2, -0.15) is 0 Å². The highest BCUT2D eigenvalue weighted by Crippen LogP contribution is 2.63. The van der Waals surface area contributed by atoms with E-state index in [0.29, 0.717) is 19.1 Å². The predicted octanol–water partition coefficient (Wildman–Crippen LogP) is 2.09. The summed E-state index contributed by atoms with van der Waals surface area (Å²) in [5.74, 6) is 0.191. The van der Waals surface area contributed by atoms with Gasteiger partial charge in [-0.1, -0.05) is 24.6 Å². The molecule has 0 aromatic heterocycles. The minimum absolute atomic E-state index is 0.00347. The van der Waals surface area contributed by atoms with Crippen LogP contribution in [-0.2, 0) is 14.3 Å².